The molecule has 0 aromatic heterocycles. The minimum atomic E-state index is -3.75. The Hall–Kier alpha value is -2.16. The molecule has 0 saturated carbocycles. The fourth-order valence-electron chi connectivity index (χ4n) is 2.27. The normalized spacial score (nSPS) is 12.1. The first-order valence-electron chi connectivity index (χ1n) is 7.73. The lowest BCUT2D eigenvalue weighted by molar-refractivity contribution is 0.362. The summed E-state index contributed by atoms with van der Waals surface area (Å²) in [6, 6.07) is 12.3. The zero-order chi connectivity index (χ0) is 19.4. The van der Waals surface area contributed by atoms with E-state index in [-0.39, 0.29) is 16.3 Å². The molecular formula is C18H21NO5S2. The molecule has 0 heterocycles. The summed E-state index contributed by atoms with van der Waals surface area (Å²) < 4.78 is 55.0. The molecule has 0 saturated heterocycles. The lowest BCUT2D eigenvalue weighted by atomic mass is 10.2. The molecule has 0 N–H and O–H groups in total. The number of ether oxygens (including phenoxy) is 1. The van der Waals surface area contributed by atoms with E-state index in [1.807, 2.05) is 0 Å². The van der Waals surface area contributed by atoms with Crippen LogP contribution in [0.3, 0.4) is 0 Å². The van der Waals surface area contributed by atoms with Gasteiger partial charge >= 0.3 is 0 Å². The van der Waals surface area contributed by atoms with Gasteiger partial charge in [-0.25, -0.2) is 16.8 Å². The highest BCUT2D eigenvalue weighted by Crippen LogP contribution is 2.21. The fourth-order valence-corrected chi connectivity index (χ4v) is 4.06. The number of hydrogen-bond acceptors (Lipinski definition) is 5. The third kappa shape index (κ3) is 4.94. The van der Waals surface area contributed by atoms with E-state index in [1.165, 1.54) is 35.6 Å². The molecule has 2 aromatic rings. The zero-order valence-corrected chi connectivity index (χ0v) is 16.3. The van der Waals surface area contributed by atoms with Crippen molar-refractivity contribution in [3.8, 4) is 5.75 Å². The third-order valence-electron chi connectivity index (χ3n) is 3.63. The maximum Gasteiger partial charge on any atom is 0.243 e. The number of nitrogens with zero attached hydrogens (tertiary/aromatic N) is 1. The Kier molecular flexibility index (Phi) is 6.22. The SMILES string of the molecule is C=CCOc1cccc(CN(C)S(=O)(=O)c2ccc(S(C)(=O)=O)cc2)c1. The average molecular weight is 396 g/mol. The van der Waals surface area contributed by atoms with Crippen LogP contribution in [-0.4, -0.2) is 41.1 Å². The van der Waals surface area contributed by atoms with E-state index < -0.39 is 19.9 Å². The minimum Gasteiger partial charge on any atom is -0.490 e. The van der Waals surface area contributed by atoms with Crippen LogP contribution >= 0.6 is 0 Å². The van der Waals surface area contributed by atoms with Gasteiger partial charge in [0.15, 0.2) is 9.84 Å². The van der Waals surface area contributed by atoms with E-state index in [0.29, 0.717) is 12.4 Å². The molecule has 2 aromatic carbocycles. The Bertz CT molecular complexity index is 980. The first-order valence-corrected chi connectivity index (χ1v) is 11.1. The predicted molar refractivity (Wildman–Crippen MR) is 100 cm³/mol. The number of rotatable bonds is 8. The van der Waals surface area contributed by atoms with Crippen LogP contribution in [0, 0.1) is 0 Å². The van der Waals surface area contributed by atoms with Gasteiger partial charge in [0.2, 0.25) is 10.0 Å². The molecule has 0 fully saturated rings. The lowest BCUT2D eigenvalue weighted by Crippen LogP contribution is -2.26. The fraction of sp³-hybridized carbons (Fsp3) is 0.222. The molecular weight excluding hydrogens is 374 g/mol. The number of hydrogen-bond donors (Lipinski definition) is 0. The summed E-state index contributed by atoms with van der Waals surface area (Å²) in [5.41, 5.74) is 0.769. The maximum absolute atomic E-state index is 12.7. The monoisotopic (exact) mass is 395 g/mol. The summed E-state index contributed by atoms with van der Waals surface area (Å²) in [5, 5.41) is 0. The van der Waals surface area contributed by atoms with E-state index in [2.05, 4.69) is 6.58 Å². The van der Waals surface area contributed by atoms with Gasteiger partial charge in [0, 0.05) is 19.8 Å². The molecule has 8 heteroatoms. The molecule has 0 aliphatic heterocycles. The summed E-state index contributed by atoms with van der Waals surface area (Å²) in [7, 11) is -5.65. The molecule has 0 aliphatic rings. The van der Waals surface area contributed by atoms with Crippen molar-refractivity contribution in [1.82, 2.24) is 4.31 Å². The Labute approximate surface area is 154 Å². The van der Waals surface area contributed by atoms with Gasteiger partial charge in [0.05, 0.1) is 9.79 Å². The largest absolute Gasteiger partial charge is 0.490 e. The number of benzene rings is 2. The second-order valence-corrected chi connectivity index (χ2v) is 9.81. The van der Waals surface area contributed by atoms with Crippen molar-refractivity contribution < 1.29 is 21.6 Å². The van der Waals surface area contributed by atoms with Crippen molar-refractivity contribution >= 4 is 19.9 Å². The van der Waals surface area contributed by atoms with E-state index in [0.717, 1.165) is 11.8 Å². The van der Waals surface area contributed by atoms with Crippen LogP contribution in [0.2, 0.25) is 0 Å². The van der Waals surface area contributed by atoms with Gasteiger partial charge in [-0.05, 0) is 42.0 Å². The van der Waals surface area contributed by atoms with Crippen LogP contribution in [0.5, 0.6) is 5.75 Å². The molecule has 0 aliphatic carbocycles. The zero-order valence-electron chi connectivity index (χ0n) is 14.6. The summed E-state index contributed by atoms with van der Waals surface area (Å²) in [6.45, 7) is 4.10. The van der Waals surface area contributed by atoms with Gasteiger partial charge in [0.25, 0.3) is 0 Å². The van der Waals surface area contributed by atoms with Crippen molar-refractivity contribution in [2.75, 3.05) is 19.9 Å². The van der Waals surface area contributed by atoms with Crippen LogP contribution in [-0.2, 0) is 26.4 Å². The van der Waals surface area contributed by atoms with Crippen LogP contribution in [0.1, 0.15) is 5.56 Å². The Balaban J connectivity index is 2.20. The molecule has 6 nitrogen and oxygen atoms in total. The number of sulfonamides is 1. The van der Waals surface area contributed by atoms with E-state index in [9.17, 15) is 16.8 Å². The molecule has 0 atom stereocenters. The summed E-state index contributed by atoms with van der Waals surface area (Å²) in [5.74, 6) is 0.630. The van der Waals surface area contributed by atoms with Gasteiger partial charge < -0.3 is 4.74 Å². The van der Waals surface area contributed by atoms with Crippen molar-refractivity contribution in [2.24, 2.45) is 0 Å². The first-order chi connectivity index (χ1) is 12.1. The summed E-state index contributed by atoms with van der Waals surface area (Å²) in [4.78, 5) is 0.109. The molecule has 0 amide bonds. The molecule has 0 radical (unpaired) electrons. The summed E-state index contributed by atoms with van der Waals surface area (Å²) in [6.07, 6.45) is 2.70. The predicted octanol–water partition coefficient (Wildman–Crippen LogP) is 2.48. The second-order valence-electron chi connectivity index (χ2n) is 5.75. The summed E-state index contributed by atoms with van der Waals surface area (Å²) >= 11 is 0. The molecule has 0 spiro atoms. The highest BCUT2D eigenvalue weighted by atomic mass is 32.2. The van der Waals surface area contributed by atoms with E-state index >= 15 is 0 Å². The number of sulfone groups is 1. The second kappa shape index (κ2) is 8.03. The Morgan fingerprint density at radius 2 is 1.65 bits per heavy atom. The average Bonchev–Trinajstić information content (AvgIpc) is 2.59. The molecule has 140 valence electrons. The topological polar surface area (TPSA) is 80.8 Å². The minimum absolute atomic E-state index is 0.0338. The Morgan fingerprint density at radius 3 is 2.23 bits per heavy atom. The van der Waals surface area contributed by atoms with Gasteiger partial charge in [-0.15, -0.1) is 0 Å². The molecule has 0 unspecified atom stereocenters. The molecule has 26 heavy (non-hydrogen) atoms. The highest BCUT2D eigenvalue weighted by Gasteiger charge is 2.21. The van der Waals surface area contributed by atoms with E-state index in [1.54, 1.807) is 30.3 Å². The smallest absolute Gasteiger partial charge is 0.243 e. The van der Waals surface area contributed by atoms with Gasteiger partial charge in [-0.3, -0.25) is 0 Å². The first kappa shape index (κ1) is 20.2. The highest BCUT2D eigenvalue weighted by molar-refractivity contribution is 7.90. The van der Waals surface area contributed by atoms with Crippen LogP contribution < -0.4 is 4.74 Å². The van der Waals surface area contributed by atoms with Crippen molar-refractivity contribution in [1.29, 1.82) is 0 Å². The van der Waals surface area contributed by atoms with Crippen LogP contribution in [0.15, 0.2) is 71.0 Å². The van der Waals surface area contributed by atoms with Crippen molar-refractivity contribution in [2.45, 2.75) is 16.3 Å². The molecule has 2 rings (SSSR count). The lowest BCUT2D eigenvalue weighted by Gasteiger charge is -2.18. The standard InChI is InChI=1S/C18H21NO5S2/c1-4-12-24-16-7-5-6-15(13-16)14-19(2)26(22,23)18-10-8-17(9-11-18)25(3,20)21/h4-11,13H,1,12,14H2,2-3H3. The van der Waals surface area contributed by atoms with Crippen LogP contribution in [0.4, 0.5) is 0 Å². The van der Waals surface area contributed by atoms with Crippen molar-refractivity contribution in [3.05, 3.63) is 66.7 Å². The van der Waals surface area contributed by atoms with Gasteiger partial charge in [0.1, 0.15) is 12.4 Å². The van der Waals surface area contributed by atoms with Gasteiger partial charge in [-0.1, -0.05) is 24.8 Å². The quantitative estimate of drug-likeness (QED) is 0.642. The third-order valence-corrected chi connectivity index (χ3v) is 6.58. The van der Waals surface area contributed by atoms with E-state index in [4.69, 9.17) is 4.74 Å². The Morgan fingerprint density at radius 1 is 1.04 bits per heavy atom. The maximum atomic E-state index is 12.7. The van der Waals surface area contributed by atoms with Gasteiger partial charge in [-0.2, -0.15) is 4.31 Å². The van der Waals surface area contributed by atoms with Crippen molar-refractivity contribution in [3.63, 3.8) is 0 Å². The molecule has 0 bridgehead atoms. The van der Waals surface area contributed by atoms with Crippen LogP contribution in [0.25, 0.3) is 0 Å².